The predicted molar refractivity (Wildman–Crippen MR) is 83.1 cm³/mol. The minimum Gasteiger partial charge on any atom is -0.478 e. The minimum absolute atomic E-state index is 0.265. The van der Waals surface area contributed by atoms with Crippen LogP contribution in [0.25, 0.3) is 5.65 Å². The molecule has 1 aliphatic rings. The summed E-state index contributed by atoms with van der Waals surface area (Å²) in [4.78, 5) is 13.6. The van der Waals surface area contributed by atoms with Crippen LogP contribution in [0.1, 0.15) is 42.9 Å². The Hall–Kier alpha value is -1.95. The highest BCUT2D eigenvalue weighted by Crippen LogP contribution is 2.22. The quantitative estimate of drug-likeness (QED) is 0.936. The fraction of sp³-hybridized carbons (Fsp3) is 0.562. The van der Waals surface area contributed by atoms with E-state index in [0.29, 0.717) is 17.6 Å². The van der Waals surface area contributed by atoms with Crippen LogP contribution in [0.2, 0.25) is 0 Å². The van der Waals surface area contributed by atoms with Crippen LogP contribution in [0.15, 0.2) is 18.3 Å². The van der Waals surface area contributed by atoms with E-state index in [0.717, 1.165) is 25.3 Å². The van der Waals surface area contributed by atoms with Crippen molar-refractivity contribution in [1.82, 2.24) is 19.5 Å². The molecule has 3 rings (SSSR count). The summed E-state index contributed by atoms with van der Waals surface area (Å²) in [6, 6.07) is 3.84. The van der Waals surface area contributed by atoms with Crippen LogP contribution in [-0.2, 0) is 6.42 Å². The summed E-state index contributed by atoms with van der Waals surface area (Å²) in [6.07, 6.45) is 4.86. The summed E-state index contributed by atoms with van der Waals surface area (Å²) in [6.45, 7) is 6.70. The fourth-order valence-electron chi connectivity index (χ4n) is 3.20. The lowest BCUT2D eigenvalue weighted by molar-refractivity contribution is 0.0696. The van der Waals surface area contributed by atoms with Crippen molar-refractivity contribution in [3.63, 3.8) is 0 Å². The second-order valence-corrected chi connectivity index (χ2v) is 6.37. The Bertz CT molecular complexity index is 680. The molecule has 1 unspecified atom stereocenters. The van der Waals surface area contributed by atoms with Crippen molar-refractivity contribution in [3.8, 4) is 0 Å². The molecule has 0 spiro atoms. The van der Waals surface area contributed by atoms with Gasteiger partial charge in [0.2, 0.25) is 0 Å². The van der Waals surface area contributed by atoms with Gasteiger partial charge in [0, 0.05) is 25.2 Å². The van der Waals surface area contributed by atoms with Gasteiger partial charge in [0.05, 0.1) is 5.56 Å². The minimum atomic E-state index is -0.926. The molecule has 6 nitrogen and oxygen atoms in total. The van der Waals surface area contributed by atoms with E-state index in [9.17, 15) is 4.79 Å². The Balaban J connectivity index is 1.81. The summed E-state index contributed by atoms with van der Waals surface area (Å²) in [5, 5.41) is 17.5. The third-order valence-electron chi connectivity index (χ3n) is 4.47. The molecule has 0 aromatic carbocycles. The van der Waals surface area contributed by atoms with E-state index in [1.165, 1.54) is 12.8 Å². The Kier molecular flexibility index (Phi) is 4.11. The largest absolute Gasteiger partial charge is 0.478 e. The number of carboxylic acid groups (broad SMARTS) is 1. The second kappa shape index (κ2) is 6.04. The van der Waals surface area contributed by atoms with Crippen molar-refractivity contribution >= 4 is 11.6 Å². The maximum absolute atomic E-state index is 11.1. The summed E-state index contributed by atoms with van der Waals surface area (Å²) in [5.74, 6) is 0.482. The first kappa shape index (κ1) is 15.0. The van der Waals surface area contributed by atoms with Gasteiger partial charge >= 0.3 is 5.97 Å². The average Bonchev–Trinajstić information content (AvgIpc) is 2.90. The van der Waals surface area contributed by atoms with Crippen LogP contribution >= 0.6 is 0 Å². The first-order valence-electron chi connectivity index (χ1n) is 7.85. The van der Waals surface area contributed by atoms with Crippen molar-refractivity contribution in [2.45, 2.75) is 39.2 Å². The van der Waals surface area contributed by atoms with Gasteiger partial charge in [-0.1, -0.05) is 0 Å². The topological polar surface area (TPSA) is 70.7 Å². The van der Waals surface area contributed by atoms with Gasteiger partial charge in [0.15, 0.2) is 5.65 Å². The van der Waals surface area contributed by atoms with E-state index >= 15 is 0 Å². The lowest BCUT2D eigenvalue weighted by atomic mass is 9.93. The number of nitrogens with zero attached hydrogens (tertiary/aromatic N) is 4. The van der Waals surface area contributed by atoms with Crippen molar-refractivity contribution in [1.29, 1.82) is 0 Å². The van der Waals surface area contributed by atoms with E-state index in [-0.39, 0.29) is 5.56 Å². The van der Waals surface area contributed by atoms with Crippen LogP contribution in [-0.4, -0.2) is 49.7 Å². The van der Waals surface area contributed by atoms with Gasteiger partial charge in [-0.3, -0.25) is 4.40 Å². The zero-order valence-corrected chi connectivity index (χ0v) is 13.1. The molecule has 2 aromatic heterocycles. The number of fused-ring (bicyclic) bond motifs is 1. The van der Waals surface area contributed by atoms with Crippen molar-refractivity contribution < 1.29 is 9.90 Å². The molecule has 1 atom stereocenters. The molecule has 0 aliphatic carbocycles. The highest BCUT2D eigenvalue weighted by molar-refractivity contribution is 5.87. The Morgan fingerprint density at radius 1 is 1.41 bits per heavy atom. The van der Waals surface area contributed by atoms with Gasteiger partial charge in [0.1, 0.15) is 5.82 Å². The number of likely N-dealkylation sites (tertiary alicyclic amines) is 1. The molecule has 0 saturated carbocycles. The molecule has 22 heavy (non-hydrogen) atoms. The van der Waals surface area contributed by atoms with Crippen LogP contribution in [0.4, 0.5) is 0 Å². The Labute approximate surface area is 129 Å². The summed E-state index contributed by atoms with van der Waals surface area (Å²) < 4.78 is 1.82. The van der Waals surface area contributed by atoms with E-state index < -0.39 is 5.97 Å². The van der Waals surface area contributed by atoms with E-state index in [2.05, 4.69) is 28.9 Å². The smallest absolute Gasteiger partial charge is 0.337 e. The van der Waals surface area contributed by atoms with Crippen LogP contribution in [0.5, 0.6) is 0 Å². The Morgan fingerprint density at radius 2 is 2.23 bits per heavy atom. The molecular formula is C16H22N4O2. The number of piperidine rings is 1. The number of aromatic nitrogens is 3. The number of carbonyl (C=O) groups is 1. The molecule has 2 aromatic rings. The lowest BCUT2D eigenvalue weighted by Gasteiger charge is -2.35. The zero-order chi connectivity index (χ0) is 15.7. The molecule has 1 saturated heterocycles. The third-order valence-corrected chi connectivity index (χ3v) is 4.47. The normalized spacial score (nSPS) is 19.9. The third kappa shape index (κ3) is 2.97. The van der Waals surface area contributed by atoms with Crippen LogP contribution in [0.3, 0.4) is 0 Å². The molecule has 1 N–H and O–H groups in total. The van der Waals surface area contributed by atoms with E-state index in [4.69, 9.17) is 5.11 Å². The highest BCUT2D eigenvalue weighted by atomic mass is 16.4. The molecule has 1 aliphatic heterocycles. The zero-order valence-electron chi connectivity index (χ0n) is 13.1. The number of rotatable bonds is 4. The molecule has 6 heteroatoms. The maximum Gasteiger partial charge on any atom is 0.337 e. The van der Waals surface area contributed by atoms with E-state index in [1.807, 2.05) is 4.40 Å². The predicted octanol–water partition coefficient (Wildman–Crippen LogP) is 2.09. The number of aromatic carboxylic acids is 1. The summed E-state index contributed by atoms with van der Waals surface area (Å²) in [7, 11) is 0. The van der Waals surface area contributed by atoms with Gasteiger partial charge < -0.3 is 10.0 Å². The first-order chi connectivity index (χ1) is 10.5. The number of hydrogen-bond acceptors (Lipinski definition) is 4. The van der Waals surface area contributed by atoms with E-state index in [1.54, 1.807) is 18.3 Å². The molecule has 118 valence electrons. The number of hydrogen-bond donors (Lipinski definition) is 1. The SMILES string of the molecule is CC(C)N1CCCC(Cc2nnc3ccc(C(=O)O)cn23)C1. The van der Waals surface area contributed by atoms with Crippen molar-refractivity contribution in [3.05, 3.63) is 29.7 Å². The standard InChI is InChI=1S/C16H22N4O2/c1-11(2)19-7-3-4-12(9-19)8-15-18-17-14-6-5-13(16(21)22)10-20(14)15/h5-6,10-12H,3-4,7-9H2,1-2H3,(H,21,22). The van der Waals surface area contributed by atoms with Gasteiger partial charge in [-0.05, 0) is 51.3 Å². The van der Waals surface area contributed by atoms with Crippen molar-refractivity contribution in [2.24, 2.45) is 5.92 Å². The van der Waals surface area contributed by atoms with Gasteiger partial charge in [-0.15, -0.1) is 10.2 Å². The summed E-state index contributed by atoms with van der Waals surface area (Å²) >= 11 is 0. The van der Waals surface area contributed by atoms with Crippen LogP contribution in [0, 0.1) is 5.92 Å². The average molecular weight is 302 g/mol. The monoisotopic (exact) mass is 302 g/mol. The second-order valence-electron chi connectivity index (χ2n) is 6.37. The first-order valence-corrected chi connectivity index (χ1v) is 7.85. The van der Waals surface area contributed by atoms with Crippen molar-refractivity contribution in [2.75, 3.05) is 13.1 Å². The lowest BCUT2D eigenvalue weighted by Crippen LogP contribution is -2.40. The highest BCUT2D eigenvalue weighted by Gasteiger charge is 2.23. The number of pyridine rings is 1. The molecule has 1 fully saturated rings. The molecule has 3 heterocycles. The van der Waals surface area contributed by atoms with Gasteiger partial charge in [-0.2, -0.15) is 0 Å². The molecule has 0 radical (unpaired) electrons. The molecular weight excluding hydrogens is 280 g/mol. The fourth-order valence-corrected chi connectivity index (χ4v) is 3.20. The molecule has 0 bridgehead atoms. The van der Waals surface area contributed by atoms with Crippen LogP contribution < -0.4 is 0 Å². The maximum atomic E-state index is 11.1. The Morgan fingerprint density at radius 3 is 2.95 bits per heavy atom. The molecule has 0 amide bonds. The van der Waals surface area contributed by atoms with Gasteiger partial charge in [-0.25, -0.2) is 4.79 Å². The van der Waals surface area contributed by atoms with Gasteiger partial charge in [0.25, 0.3) is 0 Å². The number of carboxylic acids is 1. The summed E-state index contributed by atoms with van der Waals surface area (Å²) in [5.41, 5.74) is 0.970.